The highest BCUT2D eigenvalue weighted by molar-refractivity contribution is 5.83. The Kier molecular flexibility index (Phi) is 28.2. The van der Waals surface area contributed by atoms with Crippen LogP contribution in [0.5, 0.6) is 5.75 Å². The van der Waals surface area contributed by atoms with Gasteiger partial charge >= 0.3 is 0 Å². The number of methoxy groups -OCH3 is 1. The second-order valence-corrected chi connectivity index (χ2v) is 34.9. The van der Waals surface area contributed by atoms with Crippen LogP contribution in [0.1, 0.15) is 209 Å². The molecule has 7 aliphatic rings. The van der Waals surface area contributed by atoms with E-state index >= 15 is 0 Å². The van der Waals surface area contributed by atoms with Crippen molar-refractivity contribution in [1.29, 1.82) is 0 Å². The predicted octanol–water partition coefficient (Wildman–Crippen LogP) is 16.1. The van der Waals surface area contributed by atoms with Gasteiger partial charge in [0.25, 0.3) is 27.8 Å². The highest BCUT2D eigenvalue weighted by Gasteiger charge is 2.58. The Morgan fingerprint density at radius 3 is 1.21 bits per heavy atom. The standard InChI is InChI=1S/C22H21N3O2.C21H18N4O.C21H17N3O2.C21H19N3O.C16H16N2O.5CH4/c1-22(2)11-10-20-24-18-13-15(6-8-16(18)21(26)25(20)14-22)7-9-17-19(27-3)5-4-12-23-17;26-21-18-9-7-15(6-8-16-4-1-2-10-22-16)12-19(18)23-20-14-24-11-3-5-17(24)13-25(20)21;25-13-21-8-10-24-19(17(21)12-21)23-18-11-14(5-7-16(18)20(24)26)4-6-15-3-1-2-9-22-15;1-21(2)11-10-19-23-18-13-15(6-8-16-5-3-4-12-22-16)7-9-17(18)20(25)24(19)14-21;1-4-11-5-6-12-13(9-11)17-14-7-8-16(2,3)10-18(14)15(12)19;;;;;/h4-6,8,12-13H,10-11,14H2,1-3H3;1-2,4,7,9-10,12,17H,3,5,11,13-14H2;1-3,5,7,9,11,17,25H,8,10,12-13H2;3-5,7,9,12-13H,10-11,14H2,1-2H3;1,5-6,9H,7-8,10H2,2-3H3;5*1H4/t;17-;;;;;;;;/m.1......../s1. The maximum absolute atomic E-state index is 12.9. The largest absolute Gasteiger partial charge is 0.494 e. The first kappa shape index (κ1) is 93.1. The van der Waals surface area contributed by atoms with Crippen molar-refractivity contribution in [2.45, 2.75) is 194 Å². The molecule has 2 fully saturated rings. The number of benzene rings is 5. The Bertz CT molecular complexity index is 7220. The van der Waals surface area contributed by atoms with E-state index in [9.17, 15) is 29.1 Å². The molecule has 0 bridgehead atoms. The number of aliphatic hydroxyl groups excluding tert-OH is 1. The fourth-order valence-electron chi connectivity index (χ4n) is 17.2. The van der Waals surface area contributed by atoms with E-state index in [2.05, 4.69) is 125 Å². The summed E-state index contributed by atoms with van der Waals surface area (Å²) in [4.78, 5) is 107. The molecule has 1 N–H and O–H groups in total. The summed E-state index contributed by atoms with van der Waals surface area (Å²) in [7, 11) is 1.60. The molecular formula is C106H111N15O7. The molecule has 1 saturated heterocycles. The van der Waals surface area contributed by atoms with Crippen LogP contribution in [0.25, 0.3) is 54.5 Å². The third-order valence-electron chi connectivity index (χ3n) is 24.3. The molecule has 9 aromatic heterocycles. The molecule has 21 rings (SSSR count). The molecule has 3 atom stereocenters. The Balaban J connectivity index is 0.000000144. The third kappa shape index (κ3) is 19.9. The summed E-state index contributed by atoms with van der Waals surface area (Å²) >= 11 is 0. The lowest BCUT2D eigenvalue weighted by Gasteiger charge is -2.31. The predicted molar refractivity (Wildman–Crippen MR) is 510 cm³/mol. The number of aliphatic hydroxyl groups is 1. The number of hydrogen-bond donors (Lipinski definition) is 1. The van der Waals surface area contributed by atoms with Crippen molar-refractivity contribution in [3.05, 3.63) is 314 Å². The van der Waals surface area contributed by atoms with E-state index in [0.717, 1.165) is 163 Å². The molecule has 652 valence electrons. The third-order valence-corrected chi connectivity index (χ3v) is 24.3. The molecule has 128 heavy (non-hydrogen) atoms. The number of nitrogens with zero attached hydrogens (tertiary/aromatic N) is 15. The van der Waals surface area contributed by atoms with Crippen molar-refractivity contribution in [1.82, 2.24) is 72.6 Å². The van der Waals surface area contributed by atoms with Gasteiger partial charge in [0.15, 0.2) is 11.4 Å². The minimum Gasteiger partial charge on any atom is -0.494 e. The van der Waals surface area contributed by atoms with Gasteiger partial charge in [0.2, 0.25) is 0 Å². The zero-order chi connectivity index (χ0) is 85.3. The minimum atomic E-state index is -0.0521. The van der Waals surface area contributed by atoms with Gasteiger partial charge in [-0.1, -0.05) is 126 Å². The van der Waals surface area contributed by atoms with E-state index in [1.807, 2.05) is 158 Å². The van der Waals surface area contributed by atoms with Gasteiger partial charge in [-0.2, -0.15) is 0 Å². The molecule has 22 nitrogen and oxygen atoms in total. The summed E-state index contributed by atoms with van der Waals surface area (Å²) in [5.41, 5.74) is 10.9. The van der Waals surface area contributed by atoms with Gasteiger partial charge in [0, 0.05) is 129 Å². The summed E-state index contributed by atoms with van der Waals surface area (Å²) in [5.74, 6) is 32.3. The van der Waals surface area contributed by atoms with E-state index in [1.165, 1.54) is 12.8 Å². The Labute approximate surface area is 748 Å². The second-order valence-electron chi connectivity index (χ2n) is 34.9. The average molecular weight is 1710 g/mol. The average Bonchev–Trinajstić information content (AvgIpc) is 1.55. The van der Waals surface area contributed by atoms with Crippen LogP contribution >= 0.6 is 0 Å². The first-order valence-corrected chi connectivity index (χ1v) is 41.8. The maximum atomic E-state index is 12.9. The lowest BCUT2D eigenvalue weighted by Crippen LogP contribution is -2.43. The number of hydrogen-bond acceptors (Lipinski definition) is 17. The van der Waals surface area contributed by atoms with Gasteiger partial charge in [-0.15, -0.1) is 6.42 Å². The normalized spacial score (nSPS) is 17.1. The van der Waals surface area contributed by atoms with Crippen molar-refractivity contribution < 1.29 is 9.84 Å². The van der Waals surface area contributed by atoms with Crippen molar-refractivity contribution in [2.24, 2.45) is 21.7 Å². The van der Waals surface area contributed by atoms with Crippen LogP contribution in [0.4, 0.5) is 0 Å². The van der Waals surface area contributed by atoms with E-state index in [1.54, 1.807) is 54.7 Å². The molecule has 22 heteroatoms. The number of rotatable bonds is 2. The summed E-state index contributed by atoms with van der Waals surface area (Å²) in [5, 5.41) is 12.9. The van der Waals surface area contributed by atoms with Crippen LogP contribution in [-0.4, -0.2) is 104 Å². The van der Waals surface area contributed by atoms with Crippen LogP contribution in [0.15, 0.2) is 206 Å². The van der Waals surface area contributed by atoms with Crippen LogP contribution in [-0.2, 0) is 58.5 Å². The van der Waals surface area contributed by atoms with Gasteiger partial charge in [0.05, 0.1) is 68.2 Å². The van der Waals surface area contributed by atoms with Gasteiger partial charge in [-0.3, -0.25) is 51.7 Å². The first-order valence-electron chi connectivity index (χ1n) is 41.8. The van der Waals surface area contributed by atoms with Crippen molar-refractivity contribution in [3.63, 3.8) is 0 Å². The molecule has 0 radical (unpaired) electrons. The van der Waals surface area contributed by atoms with Crippen LogP contribution in [0.3, 0.4) is 0 Å². The smallest absolute Gasteiger partial charge is 0.261 e. The topological polar surface area (TPSA) is 259 Å². The monoisotopic (exact) mass is 1710 g/mol. The number of aromatic nitrogens is 14. The molecule has 15 heterocycles. The SMILES string of the molecule is C.C.C.C.C.C#Cc1ccc2c(=O)n3c(nc2c1)CCC(C)(C)C3.CC1(C)CCc2nc3cc(C#Cc4ccccn4)ccc3c(=O)n2C1.COc1cccnc1C#Cc1ccc2c(=O)n3c(nc2c1)CCC(C)(C)C3.O=c1c2ccc(C#Cc3ccccn3)cc2nc2n1CCC1(CO)CC21.O=c1c2ccc(C#Cc3ccccn3)cc2nc2n1C[C@H]1CCCN1C2. The van der Waals surface area contributed by atoms with Crippen LogP contribution in [0, 0.1) is 81.4 Å². The van der Waals surface area contributed by atoms with Crippen LogP contribution < -0.4 is 32.5 Å². The van der Waals surface area contributed by atoms with E-state index in [4.69, 9.17) is 31.1 Å². The Morgan fingerprint density at radius 1 is 0.422 bits per heavy atom. The number of fused-ring (bicyclic) bond motifs is 13. The zero-order valence-corrected chi connectivity index (χ0v) is 69.9. The fraction of sp³-hybridized carbons (Fsp3) is 0.340. The van der Waals surface area contributed by atoms with E-state index < -0.39 is 0 Å². The molecule has 0 amide bonds. The van der Waals surface area contributed by atoms with Crippen LogP contribution in [0.2, 0.25) is 0 Å². The van der Waals surface area contributed by atoms with Crippen molar-refractivity contribution in [2.75, 3.05) is 20.3 Å². The highest BCUT2D eigenvalue weighted by Crippen LogP contribution is 2.63. The number of terminal acetylenes is 1. The lowest BCUT2D eigenvalue weighted by atomic mass is 9.85. The first-order chi connectivity index (χ1) is 59.5. The summed E-state index contributed by atoms with van der Waals surface area (Å²) in [6, 6.07) is 48.8. The van der Waals surface area contributed by atoms with E-state index in [-0.39, 0.29) is 99.1 Å². The van der Waals surface area contributed by atoms with Gasteiger partial charge in [-0.25, -0.2) is 44.9 Å². The molecule has 2 unspecified atom stereocenters. The van der Waals surface area contributed by atoms with Gasteiger partial charge < -0.3 is 9.84 Å². The highest BCUT2D eigenvalue weighted by atomic mass is 16.5. The molecule has 5 aromatic carbocycles. The van der Waals surface area contributed by atoms with Gasteiger partial charge in [0.1, 0.15) is 46.2 Å². The summed E-state index contributed by atoms with van der Waals surface area (Å²) < 4.78 is 14.4. The second kappa shape index (κ2) is 38.8. The molecule has 1 aliphatic carbocycles. The van der Waals surface area contributed by atoms with E-state index in [0.29, 0.717) is 79.7 Å². The number of aryl methyl sites for hydroxylation is 3. The molecule has 0 spiro atoms. The van der Waals surface area contributed by atoms with Crippen molar-refractivity contribution in [3.8, 4) is 65.5 Å². The van der Waals surface area contributed by atoms with Crippen molar-refractivity contribution >= 4 is 54.5 Å². The number of ether oxygens (including phenoxy) is 1. The van der Waals surface area contributed by atoms with Gasteiger partial charge in [-0.05, 0) is 231 Å². The Morgan fingerprint density at radius 2 is 0.805 bits per heavy atom. The molecule has 6 aliphatic heterocycles. The fourth-order valence-corrected chi connectivity index (χ4v) is 17.2. The minimum absolute atomic E-state index is 0. The lowest BCUT2D eigenvalue weighted by molar-refractivity contribution is 0.181. The molecule has 1 saturated carbocycles. The maximum Gasteiger partial charge on any atom is 0.261 e. The number of pyridine rings is 4. The Hall–Kier alpha value is -14.1. The summed E-state index contributed by atoms with van der Waals surface area (Å²) in [6.07, 6.45) is 22.0. The summed E-state index contributed by atoms with van der Waals surface area (Å²) in [6.45, 7) is 18.8. The molecule has 14 aromatic rings. The quantitative estimate of drug-likeness (QED) is 0.158. The molecular weight excluding hydrogens is 1600 g/mol. The zero-order valence-electron chi connectivity index (χ0n) is 69.9.